The van der Waals surface area contributed by atoms with Gasteiger partial charge >= 0.3 is 0 Å². The van der Waals surface area contributed by atoms with Crippen molar-refractivity contribution in [3.63, 3.8) is 0 Å². The fraction of sp³-hybridized carbons (Fsp3) is 0.542. The predicted octanol–water partition coefficient (Wildman–Crippen LogP) is 3.67. The lowest BCUT2D eigenvalue weighted by Gasteiger charge is -2.32. The SMILES string of the molecule is Nc1nccc(N2C[C@H]3CN(C(=O)CC4CCCCC4)[C@H](c4ccccc4)[C@H]3C2)n1. The summed E-state index contributed by atoms with van der Waals surface area (Å²) in [5.41, 5.74) is 7.06. The molecule has 2 saturated heterocycles. The second-order valence-corrected chi connectivity index (χ2v) is 9.21. The molecule has 6 nitrogen and oxygen atoms in total. The molecule has 2 aliphatic heterocycles. The zero-order valence-corrected chi connectivity index (χ0v) is 17.5. The highest BCUT2D eigenvalue weighted by Gasteiger charge is 2.49. The maximum atomic E-state index is 13.4. The molecule has 1 aromatic carbocycles. The van der Waals surface area contributed by atoms with Crippen LogP contribution in [0.2, 0.25) is 0 Å². The smallest absolute Gasteiger partial charge is 0.223 e. The molecule has 3 heterocycles. The molecule has 0 spiro atoms. The van der Waals surface area contributed by atoms with Crippen LogP contribution >= 0.6 is 0 Å². The number of anilines is 2. The number of likely N-dealkylation sites (tertiary alicyclic amines) is 1. The molecule has 1 amide bonds. The molecule has 0 bridgehead atoms. The molecule has 2 aromatic rings. The van der Waals surface area contributed by atoms with Gasteiger partial charge in [-0.05, 0) is 30.4 Å². The molecule has 158 valence electrons. The van der Waals surface area contributed by atoms with Crippen LogP contribution in [0.5, 0.6) is 0 Å². The number of amides is 1. The standard InChI is InChI=1S/C24H31N5O/c25-24-26-12-11-21(27-24)28-14-19-15-29(22(30)13-17-7-3-1-4-8-17)23(20(19)16-28)18-9-5-2-6-10-18/h2,5-6,9-12,17,19-20,23H,1,3-4,7-8,13-16H2,(H2,25,26,27)/t19-,20-,23+/m0/s1. The Bertz CT molecular complexity index is 882. The van der Waals surface area contributed by atoms with Gasteiger partial charge in [-0.1, -0.05) is 49.6 Å². The summed E-state index contributed by atoms with van der Waals surface area (Å²) in [5, 5.41) is 0. The molecule has 1 saturated carbocycles. The Morgan fingerprint density at radius 2 is 1.83 bits per heavy atom. The van der Waals surface area contributed by atoms with E-state index in [4.69, 9.17) is 5.73 Å². The molecular weight excluding hydrogens is 374 g/mol. The first-order valence-corrected chi connectivity index (χ1v) is 11.4. The van der Waals surface area contributed by atoms with Crippen molar-refractivity contribution in [2.45, 2.75) is 44.6 Å². The monoisotopic (exact) mass is 405 g/mol. The van der Waals surface area contributed by atoms with Gasteiger partial charge in [-0.3, -0.25) is 4.79 Å². The largest absolute Gasteiger partial charge is 0.368 e. The zero-order chi connectivity index (χ0) is 20.5. The molecule has 1 aromatic heterocycles. The van der Waals surface area contributed by atoms with E-state index in [0.717, 1.165) is 31.9 Å². The number of carbonyl (C=O) groups excluding carboxylic acids is 1. The molecule has 3 fully saturated rings. The Labute approximate surface area is 178 Å². The van der Waals surface area contributed by atoms with Crippen LogP contribution in [-0.2, 0) is 4.79 Å². The van der Waals surface area contributed by atoms with Gasteiger partial charge in [-0.2, -0.15) is 4.98 Å². The third-order valence-corrected chi connectivity index (χ3v) is 7.30. The van der Waals surface area contributed by atoms with Crippen molar-refractivity contribution >= 4 is 17.7 Å². The number of hydrogen-bond donors (Lipinski definition) is 1. The van der Waals surface area contributed by atoms with Crippen LogP contribution in [0.25, 0.3) is 0 Å². The lowest BCUT2D eigenvalue weighted by atomic mass is 9.86. The number of rotatable bonds is 4. The summed E-state index contributed by atoms with van der Waals surface area (Å²) in [5.74, 6) is 3.00. The van der Waals surface area contributed by atoms with Crippen LogP contribution in [0.3, 0.4) is 0 Å². The molecule has 3 aliphatic rings. The number of nitrogens with zero attached hydrogens (tertiary/aromatic N) is 4. The molecule has 30 heavy (non-hydrogen) atoms. The minimum Gasteiger partial charge on any atom is -0.368 e. The van der Waals surface area contributed by atoms with Crippen molar-refractivity contribution in [1.29, 1.82) is 0 Å². The highest BCUT2D eigenvalue weighted by atomic mass is 16.2. The van der Waals surface area contributed by atoms with Crippen LogP contribution in [-0.4, -0.2) is 40.4 Å². The van der Waals surface area contributed by atoms with E-state index in [1.807, 2.05) is 6.07 Å². The maximum Gasteiger partial charge on any atom is 0.223 e. The molecular formula is C24H31N5O. The molecule has 0 unspecified atom stereocenters. The van der Waals surface area contributed by atoms with Gasteiger partial charge in [0, 0.05) is 44.1 Å². The minimum absolute atomic E-state index is 0.150. The van der Waals surface area contributed by atoms with E-state index in [-0.39, 0.29) is 6.04 Å². The van der Waals surface area contributed by atoms with Gasteiger partial charge in [-0.15, -0.1) is 0 Å². The molecule has 0 radical (unpaired) electrons. The van der Waals surface area contributed by atoms with E-state index in [9.17, 15) is 4.79 Å². The van der Waals surface area contributed by atoms with Crippen LogP contribution in [0.1, 0.15) is 50.1 Å². The number of aromatic nitrogens is 2. The topological polar surface area (TPSA) is 75.3 Å². The Hall–Kier alpha value is -2.63. The molecule has 6 heteroatoms. The predicted molar refractivity (Wildman–Crippen MR) is 118 cm³/mol. The summed E-state index contributed by atoms with van der Waals surface area (Å²) in [6.45, 7) is 2.65. The first kappa shape index (κ1) is 19.3. The third kappa shape index (κ3) is 3.75. The number of carbonyl (C=O) groups is 1. The van der Waals surface area contributed by atoms with E-state index >= 15 is 0 Å². The third-order valence-electron chi connectivity index (χ3n) is 7.30. The van der Waals surface area contributed by atoms with Crippen molar-refractivity contribution in [2.75, 3.05) is 30.3 Å². The van der Waals surface area contributed by atoms with Crippen LogP contribution in [0, 0.1) is 17.8 Å². The lowest BCUT2D eigenvalue weighted by Crippen LogP contribution is -2.37. The normalized spacial score (nSPS) is 26.7. The fourth-order valence-corrected chi connectivity index (χ4v) is 5.86. The van der Waals surface area contributed by atoms with E-state index in [2.05, 4.69) is 50.1 Å². The van der Waals surface area contributed by atoms with Crippen LogP contribution in [0.4, 0.5) is 11.8 Å². The summed E-state index contributed by atoms with van der Waals surface area (Å²) in [6.07, 6.45) is 8.76. The first-order valence-electron chi connectivity index (χ1n) is 11.4. The summed E-state index contributed by atoms with van der Waals surface area (Å²) in [4.78, 5) is 26.4. The summed E-state index contributed by atoms with van der Waals surface area (Å²) in [6, 6.07) is 12.7. The second-order valence-electron chi connectivity index (χ2n) is 9.21. The van der Waals surface area contributed by atoms with Gasteiger partial charge in [0.2, 0.25) is 11.9 Å². The molecule has 3 atom stereocenters. The number of hydrogen-bond acceptors (Lipinski definition) is 5. The van der Waals surface area contributed by atoms with Gasteiger partial charge in [-0.25, -0.2) is 4.98 Å². The highest BCUT2D eigenvalue weighted by molar-refractivity contribution is 5.77. The Balaban J connectivity index is 1.37. The summed E-state index contributed by atoms with van der Waals surface area (Å²) in [7, 11) is 0. The molecule has 1 aliphatic carbocycles. The highest BCUT2D eigenvalue weighted by Crippen LogP contribution is 2.46. The van der Waals surface area contributed by atoms with Gasteiger partial charge in [0.25, 0.3) is 0 Å². The van der Waals surface area contributed by atoms with Crippen molar-refractivity contribution in [1.82, 2.24) is 14.9 Å². The van der Waals surface area contributed by atoms with Crippen molar-refractivity contribution in [2.24, 2.45) is 17.8 Å². The fourth-order valence-electron chi connectivity index (χ4n) is 5.86. The van der Waals surface area contributed by atoms with Gasteiger partial charge in [0.05, 0.1) is 6.04 Å². The minimum atomic E-state index is 0.150. The lowest BCUT2D eigenvalue weighted by molar-refractivity contribution is -0.133. The number of nitrogen functional groups attached to an aromatic ring is 1. The Morgan fingerprint density at radius 3 is 2.60 bits per heavy atom. The summed E-state index contributed by atoms with van der Waals surface area (Å²) >= 11 is 0. The maximum absolute atomic E-state index is 13.4. The first-order chi connectivity index (χ1) is 14.7. The van der Waals surface area contributed by atoms with Gasteiger partial charge in [0.1, 0.15) is 5.82 Å². The average molecular weight is 406 g/mol. The van der Waals surface area contributed by atoms with Crippen molar-refractivity contribution < 1.29 is 4.79 Å². The second kappa shape index (κ2) is 8.25. The number of benzene rings is 1. The molecule has 2 N–H and O–H groups in total. The van der Waals surface area contributed by atoms with Crippen LogP contribution in [0.15, 0.2) is 42.6 Å². The quantitative estimate of drug-likeness (QED) is 0.840. The number of nitrogens with two attached hydrogens (primary N) is 1. The van der Waals surface area contributed by atoms with Crippen molar-refractivity contribution in [3.05, 3.63) is 48.2 Å². The Kier molecular flexibility index (Phi) is 5.32. The average Bonchev–Trinajstić information content (AvgIpc) is 3.33. The van der Waals surface area contributed by atoms with Gasteiger partial charge in [0.15, 0.2) is 0 Å². The van der Waals surface area contributed by atoms with E-state index in [0.29, 0.717) is 29.6 Å². The number of fused-ring (bicyclic) bond motifs is 1. The Morgan fingerprint density at radius 1 is 1.03 bits per heavy atom. The van der Waals surface area contributed by atoms with E-state index in [1.54, 1.807) is 6.20 Å². The van der Waals surface area contributed by atoms with Crippen LogP contribution < -0.4 is 10.6 Å². The summed E-state index contributed by atoms with van der Waals surface area (Å²) < 4.78 is 0. The van der Waals surface area contributed by atoms with E-state index in [1.165, 1.54) is 37.7 Å². The van der Waals surface area contributed by atoms with E-state index < -0.39 is 0 Å². The van der Waals surface area contributed by atoms with Gasteiger partial charge < -0.3 is 15.5 Å². The zero-order valence-electron chi connectivity index (χ0n) is 17.5. The van der Waals surface area contributed by atoms with Crippen molar-refractivity contribution in [3.8, 4) is 0 Å². The molecule has 5 rings (SSSR count).